The van der Waals surface area contributed by atoms with Gasteiger partial charge >= 0.3 is 0 Å². The number of fused-ring (bicyclic) bond motifs is 1. The second kappa shape index (κ2) is 10.6. The Morgan fingerprint density at radius 2 is 1.13 bits per heavy atom. The molecule has 0 N–H and O–H groups in total. The SMILES string of the molecule is CCC(CC1=Cc2c(-c3ccc(C(C)(C)C)cc3)ccc(-c3ccc(C(C)(C)C)cc3)c2C1)c1ccccc1. The van der Waals surface area contributed by atoms with E-state index in [1.165, 1.54) is 50.1 Å². The van der Waals surface area contributed by atoms with Crippen LogP contribution in [0.1, 0.15) is 95.0 Å². The summed E-state index contributed by atoms with van der Waals surface area (Å²) in [7, 11) is 0. The van der Waals surface area contributed by atoms with Gasteiger partial charge < -0.3 is 0 Å². The van der Waals surface area contributed by atoms with E-state index in [9.17, 15) is 0 Å². The fraction of sp³-hybridized carbons (Fsp3) is 0.333. The summed E-state index contributed by atoms with van der Waals surface area (Å²) in [5, 5.41) is 0. The Morgan fingerprint density at radius 1 is 0.615 bits per heavy atom. The molecule has 0 radical (unpaired) electrons. The minimum absolute atomic E-state index is 0.156. The summed E-state index contributed by atoms with van der Waals surface area (Å²) in [6.07, 6.45) is 5.81. The molecule has 0 aromatic heterocycles. The van der Waals surface area contributed by atoms with Crippen molar-refractivity contribution in [3.05, 3.63) is 124 Å². The molecule has 0 bridgehead atoms. The topological polar surface area (TPSA) is 0 Å². The van der Waals surface area contributed by atoms with Gasteiger partial charge in [-0.15, -0.1) is 0 Å². The maximum absolute atomic E-state index is 2.51. The number of hydrogen-bond donors (Lipinski definition) is 0. The van der Waals surface area contributed by atoms with Gasteiger partial charge in [-0.1, -0.05) is 151 Å². The van der Waals surface area contributed by atoms with Crippen LogP contribution in [0.3, 0.4) is 0 Å². The number of benzene rings is 4. The predicted molar refractivity (Wildman–Crippen MR) is 170 cm³/mol. The summed E-state index contributed by atoms with van der Waals surface area (Å²) in [5.74, 6) is 0.552. The lowest BCUT2D eigenvalue weighted by Gasteiger charge is -2.21. The molecule has 0 amide bonds. The van der Waals surface area contributed by atoms with Crippen molar-refractivity contribution < 1.29 is 0 Å². The van der Waals surface area contributed by atoms with Gasteiger partial charge in [0.05, 0.1) is 0 Å². The van der Waals surface area contributed by atoms with Crippen LogP contribution in [0.15, 0.2) is 96.6 Å². The zero-order chi connectivity index (χ0) is 27.8. The molecular formula is C39H44. The maximum Gasteiger partial charge on any atom is -0.00512 e. The molecule has 1 unspecified atom stereocenters. The molecule has 0 saturated heterocycles. The standard InChI is InChI=1S/C39H44/c1-8-28(29-12-10-9-11-13-29)24-27-25-36-34(30-14-18-32(19-15-30)38(2,3)4)22-23-35(37(36)26-27)31-16-20-33(21-17-31)39(5,6)7/h9-23,25,28H,8,24,26H2,1-7H3. The van der Waals surface area contributed by atoms with E-state index >= 15 is 0 Å². The van der Waals surface area contributed by atoms with E-state index in [-0.39, 0.29) is 10.8 Å². The first-order valence-corrected chi connectivity index (χ1v) is 14.7. The van der Waals surface area contributed by atoms with Gasteiger partial charge in [0.2, 0.25) is 0 Å². The summed E-state index contributed by atoms with van der Waals surface area (Å²) in [6, 6.07) is 34.3. The highest BCUT2D eigenvalue weighted by atomic mass is 14.3. The molecule has 0 aliphatic heterocycles. The molecule has 1 aliphatic carbocycles. The third-order valence-corrected chi connectivity index (χ3v) is 8.51. The van der Waals surface area contributed by atoms with Crippen molar-refractivity contribution in [2.24, 2.45) is 0 Å². The van der Waals surface area contributed by atoms with Crippen LogP contribution in [0.2, 0.25) is 0 Å². The molecule has 4 aromatic carbocycles. The van der Waals surface area contributed by atoms with E-state index < -0.39 is 0 Å². The molecule has 0 saturated carbocycles. The zero-order valence-corrected chi connectivity index (χ0v) is 24.9. The third-order valence-electron chi connectivity index (χ3n) is 8.51. The van der Waals surface area contributed by atoms with E-state index in [0.29, 0.717) is 5.92 Å². The Bertz CT molecular complexity index is 1450. The summed E-state index contributed by atoms with van der Waals surface area (Å²) >= 11 is 0. The van der Waals surface area contributed by atoms with E-state index in [4.69, 9.17) is 0 Å². The molecule has 200 valence electrons. The molecule has 1 atom stereocenters. The van der Waals surface area contributed by atoms with Crippen LogP contribution in [0.5, 0.6) is 0 Å². The fourth-order valence-corrected chi connectivity index (χ4v) is 5.99. The van der Waals surface area contributed by atoms with Crippen LogP contribution in [-0.2, 0) is 17.3 Å². The average Bonchev–Trinajstić information content (AvgIpc) is 3.35. The Balaban J connectivity index is 1.56. The molecule has 0 fully saturated rings. The Kier molecular flexibility index (Phi) is 7.43. The summed E-state index contributed by atoms with van der Waals surface area (Å²) in [4.78, 5) is 0. The zero-order valence-electron chi connectivity index (χ0n) is 24.9. The Hall–Kier alpha value is -3.38. The van der Waals surface area contributed by atoms with Crippen molar-refractivity contribution in [3.8, 4) is 22.3 Å². The average molecular weight is 513 g/mol. The van der Waals surface area contributed by atoms with Crippen molar-refractivity contribution in [2.45, 2.75) is 84.5 Å². The van der Waals surface area contributed by atoms with Crippen LogP contribution in [0, 0.1) is 0 Å². The molecule has 5 rings (SSSR count). The fourth-order valence-electron chi connectivity index (χ4n) is 5.99. The largest absolute Gasteiger partial charge is 0.0648 e. The molecule has 0 spiro atoms. The van der Waals surface area contributed by atoms with Crippen LogP contribution < -0.4 is 0 Å². The molecule has 0 heterocycles. The van der Waals surface area contributed by atoms with Gasteiger partial charge in [-0.25, -0.2) is 0 Å². The molecule has 4 aromatic rings. The minimum Gasteiger partial charge on any atom is -0.0648 e. The van der Waals surface area contributed by atoms with Gasteiger partial charge in [0.15, 0.2) is 0 Å². The minimum atomic E-state index is 0.156. The quantitative estimate of drug-likeness (QED) is 0.241. The number of allylic oxidation sites excluding steroid dienone is 1. The molecule has 39 heavy (non-hydrogen) atoms. The number of rotatable bonds is 6. The van der Waals surface area contributed by atoms with Crippen LogP contribution in [0.4, 0.5) is 0 Å². The second-order valence-corrected chi connectivity index (χ2v) is 13.4. The van der Waals surface area contributed by atoms with Gasteiger partial charge in [-0.2, -0.15) is 0 Å². The van der Waals surface area contributed by atoms with Crippen molar-refractivity contribution in [3.63, 3.8) is 0 Å². The monoisotopic (exact) mass is 512 g/mol. The number of hydrogen-bond acceptors (Lipinski definition) is 0. The highest BCUT2D eigenvalue weighted by Crippen LogP contribution is 2.43. The highest BCUT2D eigenvalue weighted by Gasteiger charge is 2.24. The summed E-state index contributed by atoms with van der Waals surface area (Å²) in [6.45, 7) is 16.0. The van der Waals surface area contributed by atoms with E-state index in [2.05, 4.69) is 146 Å². The lowest BCUT2D eigenvalue weighted by atomic mass is 9.84. The third kappa shape index (κ3) is 5.81. The highest BCUT2D eigenvalue weighted by molar-refractivity contribution is 5.87. The Labute approximate surface area is 236 Å². The molecular weight excluding hydrogens is 468 g/mol. The Morgan fingerprint density at radius 3 is 1.64 bits per heavy atom. The molecule has 0 heteroatoms. The van der Waals surface area contributed by atoms with Gasteiger partial charge in [-0.3, -0.25) is 0 Å². The molecule has 1 aliphatic rings. The van der Waals surface area contributed by atoms with E-state index in [1.807, 2.05) is 0 Å². The van der Waals surface area contributed by atoms with Gasteiger partial charge in [0.25, 0.3) is 0 Å². The first kappa shape index (κ1) is 27.2. The van der Waals surface area contributed by atoms with E-state index in [0.717, 1.165) is 19.3 Å². The lowest BCUT2D eigenvalue weighted by molar-refractivity contribution is 0.590. The van der Waals surface area contributed by atoms with Crippen LogP contribution >= 0.6 is 0 Å². The smallest absolute Gasteiger partial charge is 0.00512 e. The summed E-state index contributed by atoms with van der Waals surface area (Å²) < 4.78 is 0. The van der Waals surface area contributed by atoms with Crippen molar-refractivity contribution in [1.29, 1.82) is 0 Å². The van der Waals surface area contributed by atoms with Gasteiger partial charge in [0, 0.05) is 0 Å². The van der Waals surface area contributed by atoms with Crippen molar-refractivity contribution in [1.82, 2.24) is 0 Å². The predicted octanol–water partition coefficient (Wildman–Crippen LogP) is 11.1. The van der Waals surface area contributed by atoms with Gasteiger partial charge in [0.1, 0.15) is 0 Å². The van der Waals surface area contributed by atoms with E-state index in [1.54, 1.807) is 5.57 Å². The molecule has 0 nitrogen and oxygen atoms in total. The summed E-state index contributed by atoms with van der Waals surface area (Å²) in [5.41, 5.74) is 14.3. The first-order valence-electron chi connectivity index (χ1n) is 14.7. The van der Waals surface area contributed by atoms with Crippen molar-refractivity contribution >= 4 is 6.08 Å². The maximum atomic E-state index is 2.51. The first-order chi connectivity index (χ1) is 18.5. The van der Waals surface area contributed by atoms with Crippen molar-refractivity contribution in [2.75, 3.05) is 0 Å². The van der Waals surface area contributed by atoms with Crippen LogP contribution in [0.25, 0.3) is 28.3 Å². The normalized spacial score (nSPS) is 14.2. The second-order valence-electron chi connectivity index (χ2n) is 13.4. The van der Waals surface area contributed by atoms with Gasteiger partial charge in [-0.05, 0) is 86.1 Å². The lowest BCUT2D eigenvalue weighted by Crippen LogP contribution is -2.10. The van der Waals surface area contributed by atoms with Crippen LogP contribution in [-0.4, -0.2) is 0 Å².